The third kappa shape index (κ3) is 3.45. The number of aryl methyl sites for hydroxylation is 2. The van der Waals surface area contributed by atoms with Crippen molar-refractivity contribution in [1.29, 1.82) is 0 Å². The normalized spacial score (nSPS) is 25.8. The number of hydrogen-bond donors (Lipinski definition) is 0. The zero-order valence-electron chi connectivity index (χ0n) is 15.8. The van der Waals surface area contributed by atoms with Crippen LogP contribution < -0.4 is 0 Å². The molecule has 26 heavy (non-hydrogen) atoms. The summed E-state index contributed by atoms with van der Waals surface area (Å²) in [6, 6.07) is 13.9. The number of hydrogen-bond acceptors (Lipinski definition) is 3. The highest BCUT2D eigenvalue weighted by atomic mass is 16.1. The lowest BCUT2D eigenvalue weighted by atomic mass is 9.75. The number of Topliss-reactive ketones (excluding diaryl/α,β-unsaturated/α-hetero) is 1. The van der Waals surface area contributed by atoms with Crippen molar-refractivity contribution in [3.8, 4) is 0 Å². The van der Waals surface area contributed by atoms with E-state index >= 15 is 0 Å². The fourth-order valence-corrected chi connectivity index (χ4v) is 4.91. The third-order valence-corrected chi connectivity index (χ3v) is 6.15. The summed E-state index contributed by atoms with van der Waals surface area (Å²) in [7, 11) is 0. The molecular weight excluding hydrogens is 320 g/mol. The van der Waals surface area contributed by atoms with E-state index in [9.17, 15) is 4.79 Å². The minimum Gasteiger partial charge on any atom is -0.293 e. The van der Waals surface area contributed by atoms with Crippen LogP contribution in [0.4, 0.5) is 0 Å². The van der Waals surface area contributed by atoms with Crippen LogP contribution in [0.15, 0.2) is 42.6 Å². The van der Waals surface area contributed by atoms with Gasteiger partial charge in [-0.2, -0.15) is 0 Å². The molecule has 1 aromatic heterocycles. The van der Waals surface area contributed by atoms with Gasteiger partial charge in [0.25, 0.3) is 0 Å². The number of ketones is 1. The first kappa shape index (κ1) is 17.4. The van der Waals surface area contributed by atoms with Crippen LogP contribution in [0.1, 0.15) is 59.3 Å². The maximum absolute atomic E-state index is 13.1. The topological polar surface area (TPSA) is 33.2 Å². The van der Waals surface area contributed by atoms with Crippen LogP contribution in [0.25, 0.3) is 0 Å². The molecule has 0 saturated carbocycles. The first-order valence-electron chi connectivity index (χ1n) is 9.89. The standard InChI is InChI=1S/C23H28N2O/c1-16-11-17(2)22(24-14-16)23(26)19-12-20-9-6-10-21(13-19)25(20)15-18-7-4-3-5-8-18/h3-5,7-8,11,14,19-21H,6,9-10,12-13,15H2,1-2H3. The van der Waals surface area contributed by atoms with E-state index in [2.05, 4.69) is 46.3 Å². The molecule has 2 aliphatic rings. The highest BCUT2D eigenvalue weighted by Gasteiger charge is 2.41. The van der Waals surface area contributed by atoms with Crippen molar-refractivity contribution in [2.75, 3.05) is 0 Å². The van der Waals surface area contributed by atoms with Gasteiger partial charge in [-0.15, -0.1) is 0 Å². The first-order valence-corrected chi connectivity index (χ1v) is 9.89. The Kier molecular flexibility index (Phi) is 4.90. The summed E-state index contributed by atoms with van der Waals surface area (Å²) < 4.78 is 0. The predicted octanol–water partition coefficient (Wildman–Crippen LogP) is 4.71. The summed E-state index contributed by atoms with van der Waals surface area (Å²) in [6.45, 7) is 5.05. The van der Waals surface area contributed by atoms with Crippen LogP contribution in [0.5, 0.6) is 0 Å². The van der Waals surface area contributed by atoms with Crippen LogP contribution in [-0.2, 0) is 6.54 Å². The Hall–Kier alpha value is -2.00. The Morgan fingerprint density at radius 2 is 1.81 bits per heavy atom. The molecule has 136 valence electrons. The summed E-state index contributed by atoms with van der Waals surface area (Å²) in [5.74, 6) is 0.394. The molecule has 2 atom stereocenters. The van der Waals surface area contributed by atoms with Gasteiger partial charge in [-0.25, -0.2) is 0 Å². The summed E-state index contributed by atoms with van der Waals surface area (Å²) in [5.41, 5.74) is 4.21. The fourth-order valence-electron chi connectivity index (χ4n) is 4.91. The van der Waals surface area contributed by atoms with Gasteiger partial charge in [0.2, 0.25) is 0 Å². The molecule has 3 heteroatoms. The van der Waals surface area contributed by atoms with E-state index in [-0.39, 0.29) is 11.7 Å². The van der Waals surface area contributed by atoms with Gasteiger partial charge in [0.1, 0.15) is 5.69 Å². The molecule has 0 radical (unpaired) electrons. The van der Waals surface area contributed by atoms with E-state index in [0.717, 1.165) is 30.5 Å². The van der Waals surface area contributed by atoms with Gasteiger partial charge in [0.15, 0.2) is 5.78 Å². The molecule has 2 aliphatic heterocycles. The van der Waals surface area contributed by atoms with Crippen LogP contribution in [-0.4, -0.2) is 27.8 Å². The lowest BCUT2D eigenvalue weighted by molar-refractivity contribution is 0.00889. The van der Waals surface area contributed by atoms with E-state index in [1.165, 1.54) is 24.8 Å². The first-order chi connectivity index (χ1) is 12.6. The van der Waals surface area contributed by atoms with Crippen LogP contribution >= 0.6 is 0 Å². The lowest BCUT2D eigenvalue weighted by Gasteiger charge is -2.48. The maximum Gasteiger partial charge on any atom is 0.184 e. The molecule has 0 N–H and O–H groups in total. The van der Waals surface area contributed by atoms with Gasteiger partial charge in [0, 0.05) is 30.7 Å². The van der Waals surface area contributed by atoms with Crippen LogP contribution in [0.3, 0.4) is 0 Å². The fraction of sp³-hybridized carbons (Fsp3) is 0.478. The molecule has 0 spiro atoms. The van der Waals surface area contributed by atoms with Gasteiger partial charge in [-0.05, 0) is 56.2 Å². The number of pyridine rings is 1. The van der Waals surface area contributed by atoms with Gasteiger partial charge in [0.05, 0.1) is 0 Å². The minimum absolute atomic E-state index is 0.131. The van der Waals surface area contributed by atoms with Gasteiger partial charge < -0.3 is 0 Å². The Labute approximate surface area is 156 Å². The van der Waals surface area contributed by atoms with Crippen LogP contribution in [0, 0.1) is 19.8 Å². The SMILES string of the molecule is Cc1cnc(C(=O)C2CC3CCCC(C2)N3Cc2ccccc2)c(C)c1. The molecular formula is C23H28N2O. The largest absolute Gasteiger partial charge is 0.293 e. The number of carbonyl (C=O) groups is 1. The molecule has 0 aliphatic carbocycles. The number of aromatic nitrogens is 1. The van der Waals surface area contributed by atoms with Gasteiger partial charge >= 0.3 is 0 Å². The summed E-state index contributed by atoms with van der Waals surface area (Å²) in [5, 5.41) is 0. The highest BCUT2D eigenvalue weighted by molar-refractivity contribution is 5.97. The molecule has 2 aromatic rings. The monoisotopic (exact) mass is 348 g/mol. The smallest absolute Gasteiger partial charge is 0.184 e. The van der Waals surface area contributed by atoms with Crippen molar-refractivity contribution in [1.82, 2.24) is 9.88 Å². The van der Waals surface area contributed by atoms with Crippen LogP contribution in [0.2, 0.25) is 0 Å². The molecule has 4 rings (SSSR count). The van der Waals surface area contributed by atoms with Crippen molar-refractivity contribution in [2.45, 2.75) is 64.6 Å². The number of fused-ring (bicyclic) bond motifs is 2. The number of piperidine rings is 2. The van der Waals surface area contributed by atoms with E-state index in [0.29, 0.717) is 17.8 Å². The van der Waals surface area contributed by atoms with Gasteiger partial charge in [-0.3, -0.25) is 14.7 Å². The van der Waals surface area contributed by atoms with Crippen molar-refractivity contribution >= 4 is 5.78 Å². The average molecular weight is 348 g/mol. The zero-order valence-corrected chi connectivity index (χ0v) is 15.8. The molecule has 2 fully saturated rings. The van der Waals surface area contributed by atoms with Crippen molar-refractivity contribution < 1.29 is 4.79 Å². The van der Waals surface area contributed by atoms with E-state index in [4.69, 9.17) is 0 Å². The van der Waals surface area contributed by atoms with Crippen molar-refractivity contribution in [3.05, 3.63) is 65.0 Å². The Balaban J connectivity index is 1.51. The van der Waals surface area contributed by atoms with E-state index in [1.54, 1.807) is 0 Å². The lowest BCUT2D eigenvalue weighted by Crippen LogP contribution is -2.52. The van der Waals surface area contributed by atoms with Crippen molar-refractivity contribution in [2.24, 2.45) is 5.92 Å². The van der Waals surface area contributed by atoms with Crippen molar-refractivity contribution in [3.63, 3.8) is 0 Å². The third-order valence-electron chi connectivity index (χ3n) is 6.15. The van der Waals surface area contributed by atoms with Gasteiger partial charge in [-0.1, -0.05) is 42.8 Å². The molecule has 3 heterocycles. The molecule has 0 amide bonds. The second-order valence-corrected chi connectivity index (χ2v) is 8.11. The zero-order chi connectivity index (χ0) is 18.1. The molecule has 2 bridgehead atoms. The minimum atomic E-state index is 0.131. The summed E-state index contributed by atoms with van der Waals surface area (Å²) in [6.07, 6.45) is 7.52. The summed E-state index contributed by atoms with van der Waals surface area (Å²) in [4.78, 5) is 20.3. The molecule has 1 aromatic carbocycles. The summed E-state index contributed by atoms with van der Waals surface area (Å²) >= 11 is 0. The van der Waals surface area contributed by atoms with E-state index in [1.807, 2.05) is 20.0 Å². The highest BCUT2D eigenvalue weighted by Crippen LogP contribution is 2.39. The molecule has 2 saturated heterocycles. The number of carbonyl (C=O) groups excluding carboxylic acids is 1. The Bertz CT molecular complexity index is 772. The second-order valence-electron chi connectivity index (χ2n) is 8.11. The predicted molar refractivity (Wildman–Crippen MR) is 104 cm³/mol. The number of rotatable bonds is 4. The number of nitrogens with zero attached hydrogens (tertiary/aromatic N) is 2. The quantitative estimate of drug-likeness (QED) is 0.750. The Morgan fingerprint density at radius 3 is 2.46 bits per heavy atom. The van der Waals surface area contributed by atoms with E-state index < -0.39 is 0 Å². The maximum atomic E-state index is 13.1. The number of benzene rings is 1. The molecule has 2 unspecified atom stereocenters. The average Bonchev–Trinajstić information content (AvgIpc) is 2.62. The molecule has 3 nitrogen and oxygen atoms in total. The second kappa shape index (κ2) is 7.32. The Morgan fingerprint density at radius 1 is 1.12 bits per heavy atom.